The second kappa shape index (κ2) is 8.64. The first-order valence-corrected chi connectivity index (χ1v) is 12.3. The quantitative estimate of drug-likeness (QED) is 0.565. The Kier molecular flexibility index (Phi) is 6.27. The Balaban J connectivity index is 1.83. The number of hydrogen-bond acceptors (Lipinski definition) is 5. The third-order valence-electron chi connectivity index (χ3n) is 8.36. The third kappa shape index (κ3) is 3.37. The molecule has 3 amide bonds. The van der Waals surface area contributed by atoms with Gasteiger partial charge in [0.15, 0.2) is 0 Å². The summed E-state index contributed by atoms with van der Waals surface area (Å²) in [7, 11) is 1.57. The number of carbonyl (C=O) groups is 3. The van der Waals surface area contributed by atoms with Gasteiger partial charge in [0.25, 0.3) is 0 Å². The zero-order valence-corrected chi connectivity index (χ0v) is 21.0. The van der Waals surface area contributed by atoms with Crippen molar-refractivity contribution >= 4 is 23.4 Å². The van der Waals surface area contributed by atoms with Gasteiger partial charge in [0, 0.05) is 12.7 Å². The Bertz CT molecular complexity index is 1010. The highest BCUT2D eigenvalue weighted by Crippen LogP contribution is 2.64. The van der Waals surface area contributed by atoms with E-state index in [2.05, 4.69) is 10.6 Å². The van der Waals surface area contributed by atoms with Gasteiger partial charge in [-0.1, -0.05) is 32.9 Å². The number of likely N-dealkylation sites (tertiary alicyclic amines) is 1. The number of carbonyl (C=O) groups excluding carboxylic acids is 3. The van der Waals surface area contributed by atoms with E-state index in [4.69, 9.17) is 4.74 Å². The van der Waals surface area contributed by atoms with Gasteiger partial charge in [-0.05, 0) is 56.2 Å². The van der Waals surface area contributed by atoms with Gasteiger partial charge >= 0.3 is 0 Å². The lowest BCUT2D eigenvalue weighted by Gasteiger charge is -2.38. The molecule has 3 heterocycles. The van der Waals surface area contributed by atoms with Crippen LogP contribution in [0.4, 0.5) is 5.69 Å². The maximum absolute atomic E-state index is 14.0. The number of amides is 3. The van der Waals surface area contributed by atoms with Crippen LogP contribution in [-0.2, 0) is 19.1 Å². The lowest BCUT2D eigenvalue weighted by atomic mass is 9.65. The molecule has 1 aromatic carbocycles. The molecule has 1 spiro atoms. The van der Waals surface area contributed by atoms with Crippen molar-refractivity contribution in [2.75, 3.05) is 19.0 Å². The minimum Gasteiger partial charge on any atom is -0.394 e. The summed E-state index contributed by atoms with van der Waals surface area (Å²) in [5, 5.41) is 16.0. The van der Waals surface area contributed by atoms with Crippen LogP contribution in [0.1, 0.15) is 51.2 Å². The van der Waals surface area contributed by atoms with Crippen LogP contribution >= 0.6 is 0 Å². The molecule has 0 aromatic heterocycles. The van der Waals surface area contributed by atoms with E-state index < -0.39 is 35.1 Å². The highest BCUT2D eigenvalue weighted by atomic mass is 16.5. The lowest BCUT2D eigenvalue weighted by molar-refractivity contribution is -0.150. The standard InChI is InChI=1S/C26H37N3O5/c1-7-25-10-11-26(34-25)20(19(25)22(31)27-6)24(33)29(18(13-30)14(2)3)21(26)23(32)28-17-12-15(4)8-9-16(17)5/h8-9,12,14,18-21,30H,7,10-11,13H2,1-6H3,(H,27,31)(H,28,32)/t18-,19-,20-,21?,25+,26?/m0/s1. The van der Waals surface area contributed by atoms with Gasteiger partial charge < -0.3 is 25.4 Å². The molecule has 3 saturated heterocycles. The van der Waals surface area contributed by atoms with Gasteiger partial charge in [0.1, 0.15) is 11.6 Å². The molecule has 6 atom stereocenters. The average molecular weight is 472 g/mol. The van der Waals surface area contributed by atoms with Crippen LogP contribution in [-0.4, -0.2) is 64.7 Å². The number of nitrogens with one attached hydrogen (secondary N) is 2. The van der Waals surface area contributed by atoms with E-state index in [0.717, 1.165) is 11.1 Å². The number of aliphatic hydroxyl groups excluding tert-OH is 1. The van der Waals surface area contributed by atoms with Gasteiger partial charge in [0.2, 0.25) is 17.7 Å². The molecule has 34 heavy (non-hydrogen) atoms. The molecule has 186 valence electrons. The number of hydrogen-bond donors (Lipinski definition) is 3. The fourth-order valence-electron chi connectivity index (χ4n) is 6.56. The van der Waals surface area contributed by atoms with Crippen LogP contribution in [0.3, 0.4) is 0 Å². The van der Waals surface area contributed by atoms with Crippen molar-refractivity contribution in [3.8, 4) is 0 Å². The number of ether oxygens (including phenoxy) is 1. The smallest absolute Gasteiger partial charge is 0.250 e. The number of benzene rings is 1. The first kappa shape index (κ1) is 24.7. The van der Waals surface area contributed by atoms with Crippen LogP contribution in [0.15, 0.2) is 18.2 Å². The van der Waals surface area contributed by atoms with Gasteiger partial charge in [-0.15, -0.1) is 0 Å². The second-order valence-corrected chi connectivity index (χ2v) is 10.5. The number of fused-ring (bicyclic) bond motifs is 1. The van der Waals surface area contributed by atoms with E-state index in [0.29, 0.717) is 24.9 Å². The van der Waals surface area contributed by atoms with Crippen LogP contribution < -0.4 is 10.6 Å². The Morgan fingerprint density at radius 1 is 1.24 bits per heavy atom. The summed E-state index contributed by atoms with van der Waals surface area (Å²) in [5.74, 6) is -2.37. The molecule has 8 nitrogen and oxygen atoms in total. The van der Waals surface area contributed by atoms with E-state index >= 15 is 0 Å². The van der Waals surface area contributed by atoms with Crippen molar-refractivity contribution in [2.45, 2.75) is 77.2 Å². The van der Waals surface area contributed by atoms with E-state index in [1.807, 2.05) is 52.8 Å². The summed E-state index contributed by atoms with van der Waals surface area (Å²) in [6, 6.07) is 4.33. The van der Waals surface area contributed by atoms with Crippen LogP contribution in [0, 0.1) is 31.6 Å². The summed E-state index contributed by atoms with van der Waals surface area (Å²) in [6.45, 7) is 9.40. The van der Waals surface area contributed by atoms with Crippen molar-refractivity contribution in [2.24, 2.45) is 17.8 Å². The zero-order valence-electron chi connectivity index (χ0n) is 21.0. The van der Waals surface area contributed by atoms with Gasteiger partial charge in [-0.2, -0.15) is 0 Å². The maximum atomic E-state index is 14.0. The summed E-state index contributed by atoms with van der Waals surface area (Å²) >= 11 is 0. The Labute approximate surface area is 201 Å². The summed E-state index contributed by atoms with van der Waals surface area (Å²) in [5.41, 5.74) is 0.735. The zero-order chi connectivity index (χ0) is 25.0. The predicted molar refractivity (Wildman–Crippen MR) is 128 cm³/mol. The molecule has 8 heteroatoms. The maximum Gasteiger partial charge on any atom is 0.250 e. The largest absolute Gasteiger partial charge is 0.394 e. The van der Waals surface area contributed by atoms with Crippen molar-refractivity contribution in [3.05, 3.63) is 29.3 Å². The number of nitrogens with zero attached hydrogens (tertiary/aromatic N) is 1. The summed E-state index contributed by atoms with van der Waals surface area (Å²) in [6.07, 6.45) is 1.70. The molecule has 3 aliphatic heterocycles. The fraction of sp³-hybridized carbons (Fsp3) is 0.654. The Hall–Kier alpha value is -2.45. The molecule has 4 rings (SSSR count). The SMILES string of the molecule is CC[C@]12CCC3(O1)C(C(=O)Nc1cc(C)ccc1C)N([C@@H](CO)C(C)C)C(=O)[C@@H]3[C@H]2C(=O)NC. The predicted octanol–water partition coefficient (Wildman–Crippen LogP) is 2.16. The molecule has 2 bridgehead atoms. The van der Waals surface area contributed by atoms with Crippen LogP contribution in [0.5, 0.6) is 0 Å². The van der Waals surface area contributed by atoms with E-state index in [1.165, 1.54) is 4.90 Å². The molecule has 0 saturated carbocycles. The minimum absolute atomic E-state index is 0.0871. The second-order valence-electron chi connectivity index (χ2n) is 10.5. The van der Waals surface area contributed by atoms with Crippen molar-refractivity contribution in [3.63, 3.8) is 0 Å². The summed E-state index contributed by atoms with van der Waals surface area (Å²) in [4.78, 5) is 42.6. The number of aryl methyl sites for hydroxylation is 2. The molecule has 0 aliphatic carbocycles. The first-order chi connectivity index (χ1) is 16.1. The lowest BCUT2D eigenvalue weighted by Crippen LogP contribution is -2.57. The van der Waals surface area contributed by atoms with E-state index in [-0.39, 0.29) is 30.2 Å². The molecule has 2 unspecified atom stereocenters. The minimum atomic E-state index is -1.10. The van der Waals surface area contributed by atoms with Crippen molar-refractivity contribution < 1.29 is 24.2 Å². The normalized spacial score (nSPS) is 32.8. The van der Waals surface area contributed by atoms with Gasteiger partial charge in [-0.3, -0.25) is 14.4 Å². The molecular weight excluding hydrogens is 434 g/mol. The highest BCUT2D eigenvalue weighted by molar-refractivity contribution is 6.04. The third-order valence-corrected chi connectivity index (χ3v) is 8.36. The first-order valence-electron chi connectivity index (χ1n) is 12.3. The van der Waals surface area contributed by atoms with Crippen LogP contribution in [0.2, 0.25) is 0 Å². The van der Waals surface area contributed by atoms with Gasteiger partial charge in [-0.25, -0.2) is 0 Å². The number of anilines is 1. The highest BCUT2D eigenvalue weighted by Gasteiger charge is 2.79. The molecule has 0 radical (unpaired) electrons. The molecule has 3 aliphatic rings. The van der Waals surface area contributed by atoms with Crippen molar-refractivity contribution in [1.29, 1.82) is 0 Å². The monoisotopic (exact) mass is 471 g/mol. The average Bonchev–Trinajstić information content (AvgIpc) is 3.40. The molecule has 1 aromatic rings. The van der Waals surface area contributed by atoms with E-state index in [1.54, 1.807) is 7.05 Å². The number of aliphatic hydroxyl groups is 1. The molecule has 3 N–H and O–H groups in total. The topological polar surface area (TPSA) is 108 Å². The fourth-order valence-corrected chi connectivity index (χ4v) is 6.56. The van der Waals surface area contributed by atoms with Gasteiger partial charge in [0.05, 0.1) is 30.1 Å². The Morgan fingerprint density at radius 3 is 2.53 bits per heavy atom. The summed E-state index contributed by atoms with van der Waals surface area (Å²) < 4.78 is 6.69. The van der Waals surface area contributed by atoms with E-state index in [9.17, 15) is 19.5 Å². The molecule has 3 fully saturated rings. The van der Waals surface area contributed by atoms with Crippen molar-refractivity contribution in [1.82, 2.24) is 10.2 Å². The Morgan fingerprint density at radius 2 is 1.94 bits per heavy atom. The number of rotatable bonds is 7. The molecular formula is C26H37N3O5. The van der Waals surface area contributed by atoms with Crippen LogP contribution in [0.25, 0.3) is 0 Å².